The van der Waals surface area contributed by atoms with Gasteiger partial charge in [0.1, 0.15) is 0 Å². The van der Waals surface area contributed by atoms with Gasteiger partial charge in [-0.3, -0.25) is 4.79 Å². The van der Waals surface area contributed by atoms with Crippen molar-refractivity contribution in [2.45, 2.75) is 19.4 Å². The van der Waals surface area contributed by atoms with Gasteiger partial charge < -0.3 is 16.0 Å². The highest BCUT2D eigenvalue weighted by atomic mass is 16.1. The van der Waals surface area contributed by atoms with E-state index in [0.29, 0.717) is 13.0 Å². The van der Waals surface area contributed by atoms with Gasteiger partial charge >= 0.3 is 0 Å². The Balaban J connectivity index is 2.40. The van der Waals surface area contributed by atoms with Crippen molar-refractivity contribution >= 4 is 11.6 Å². The zero-order valence-electron chi connectivity index (χ0n) is 10.6. The molecule has 0 bridgehead atoms. The third-order valence-electron chi connectivity index (χ3n) is 2.79. The maximum atomic E-state index is 11.1. The second-order valence-electron chi connectivity index (χ2n) is 4.07. The molecule has 1 aromatic rings. The number of rotatable bonds is 6. The number of hydrogen-bond donors (Lipinski definition) is 2. The Morgan fingerprint density at radius 1 is 1.35 bits per heavy atom. The van der Waals surface area contributed by atoms with Gasteiger partial charge in [0.2, 0.25) is 5.91 Å². The number of nitrogens with one attached hydrogen (secondary N) is 1. The third kappa shape index (κ3) is 4.44. The van der Waals surface area contributed by atoms with E-state index in [-0.39, 0.29) is 5.91 Å². The monoisotopic (exact) mass is 235 g/mol. The molecule has 1 aromatic carbocycles. The van der Waals surface area contributed by atoms with Crippen LogP contribution >= 0.6 is 0 Å². The molecule has 3 N–H and O–H groups in total. The minimum absolute atomic E-state index is 0.0943. The average molecular weight is 235 g/mol. The zero-order valence-corrected chi connectivity index (χ0v) is 10.6. The molecule has 0 saturated carbocycles. The Morgan fingerprint density at radius 2 is 2.00 bits per heavy atom. The Kier molecular flexibility index (Phi) is 5.49. The fourth-order valence-corrected chi connectivity index (χ4v) is 1.62. The minimum Gasteiger partial charge on any atom is -0.375 e. The van der Waals surface area contributed by atoms with Crippen molar-refractivity contribution in [1.82, 2.24) is 5.32 Å². The molecule has 0 aliphatic carbocycles. The van der Waals surface area contributed by atoms with Crippen LogP contribution in [0.4, 0.5) is 5.69 Å². The summed E-state index contributed by atoms with van der Waals surface area (Å²) in [6.07, 6.45) is 1.43. The van der Waals surface area contributed by atoms with Crippen LogP contribution in [-0.2, 0) is 11.3 Å². The van der Waals surface area contributed by atoms with E-state index in [1.807, 2.05) is 19.2 Å². The van der Waals surface area contributed by atoms with E-state index >= 15 is 0 Å². The van der Waals surface area contributed by atoms with Gasteiger partial charge in [0, 0.05) is 39.3 Å². The van der Waals surface area contributed by atoms with Crippen LogP contribution in [0.25, 0.3) is 0 Å². The summed E-state index contributed by atoms with van der Waals surface area (Å²) < 4.78 is 0. The van der Waals surface area contributed by atoms with E-state index in [2.05, 4.69) is 22.3 Å². The Hall–Kier alpha value is -1.55. The van der Waals surface area contributed by atoms with Crippen molar-refractivity contribution in [2.75, 3.05) is 25.5 Å². The maximum Gasteiger partial charge on any atom is 0.219 e. The molecular formula is C13H21N3O. The van der Waals surface area contributed by atoms with Gasteiger partial charge in [-0.05, 0) is 24.1 Å². The predicted molar refractivity (Wildman–Crippen MR) is 70.9 cm³/mol. The smallest absolute Gasteiger partial charge is 0.219 e. The molecule has 0 aliphatic rings. The summed E-state index contributed by atoms with van der Waals surface area (Å²) in [6, 6.07) is 8.18. The molecular weight excluding hydrogens is 214 g/mol. The largest absolute Gasteiger partial charge is 0.375 e. The van der Waals surface area contributed by atoms with Crippen LogP contribution in [0, 0.1) is 0 Å². The summed E-state index contributed by atoms with van der Waals surface area (Å²) in [6.45, 7) is 1.44. The number of anilines is 1. The van der Waals surface area contributed by atoms with Crippen molar-refractivity contribution in [1.29, 1.82) is 0 Å². The molecule has 0 aliphatic heterocycles. The normalized spacial score (nSPS) is 10.1. The first-order valence-electron chi connectivity index (χ1n) is 5.88. The Labute approximate surface area is 103 Å². The molecule has 94 valence electrons. The van der Waals surface area contributed by atoms with Crippen LogP contribution in [0.2, 0.25) is 0 Å². The lowest BCUT2D eigenvalue weighted by atomic mass is 10.2. The molecule has 0 unspecified atom stereocenters. The second kappa shape index (κ2) is 6.91. The van der Waals surface area contributed by atoms with Gasteiger partial charge in [0.05, 0.1) is 0 Å². The topological polar surface area (TPSA) is 58.4 Å². The van der Waals surface area contributed by atoms with Crippen LogP contribution in [0.1, 0.15) is 18.4 Å². The van der Waals surface area contributed by atoms with Gasteiger partial charge in [-0.2, -0.15) is 0 Å². The fraction of sp³-hybridized carbons (Fsp3) is 0.462. The summed E-state index contributed by atoms with van der Waals surface area (Å²) in [4.78, 5) is 13.2. The summed E-state index contributed by atoms with van der Waals surface area (Å²) in [7, 11) is 3.69. The molecule has 0 radical (unpaired) electrons. The molecule has 1 amide bonds. The molecule has 1 rings (SSSR count). The van der Waals surface area contributed by atoms with Crippen molar-refractivity contribution in [3.8, 4) is 0 Å². The van der Waals surface area contributed by atoms with Gasteiger partial charge in [0.25, 0.3) is 0 Å². The molecule has 0 atom stereocenters. The summed E-state index contributed by atoms with van der Waals surface area (Å²) in [5.74, 6) is 0.0943. The SMILES string of the molecule is CNC(=O)CCCN(C)c1ccc(CN)cc1. The van der Waals surface area contributed by atoms with E-state index in [0.717, 1.165) is 24.2 Å². The Bertz CT molecular complexity index is 348. The molecule has 4 nitrogen and oxygen atoms in total. The zero-order chi connectivity index (χ0) is 12.7. The number of carbonyl (C=O) groups is 1. The van der Waals surface area contributed by atoms with Crippen LogP contribution in [-0.4, -0.2) is 26.5 Å². The van der Waals surface area contributed by atoms with Gasteiger partial charge in [-0.25, -0.2) is 0 Å². The van der Waals surface area contributed by atoms with Crippen LogP contribution in [0.3, 0.4) is 0 Å². The van der Waals surface area contributed by atoms with Crippen molar-refractivity contribution in [3.05, 3.63) is 29.8 Å². The second-order valence-corrected chi connectivity index (χ2v) is 4.07. The van der Waals surface area contributed by atoms with Crippen LogP contribution in [0.5, 0.6) is 0 Å². The first-order valence-corrected chi connectivity index (χ1v) is 5.88. The lowest BCUT2D eigenvalue weighted by molar-refractivity contribution is -0.120. The highest BCUT2D eigenvalue weighted by Gasteiger charge is 2.02. The minimum atomic E-state index is 0.0943. The summed E-state index contributed by atoms with van der Waals surface area (Å²) in [5, 5.41) is 2.62. The number of nitrogens with zero attached hydrogens (tertiary/aromatic N) is 1. The molecule has 4 heteroatoms. The highest BCUT2D eigenvalue weighted by molar-refractivity contribution is 5.75. The molecule has 0 saturated heterocycles. The van der Waals surface area contributed by atoms with E-state index in [9.17, 15) is 4.79 Å². The number of hydrogen-bond acceptors (Lipinski definition) is 3. The number of amides is 1. The first kappa shape index (κ1) is 13.5. The number of carbonyl (C=O) groups excluding carboxylic acids is 1. The van der Waals surface area contributed by atoms with E-state index < -0.39 is 0 Å². The van der Waals surface area contributed by atoms with Crippen molar-refractivity contribution in [3.63, 3.8) is 0 Å². The fourth-order valence-electron chi connectivity index (χ4n) is 1.62. The summed E-state index contributed by atoms with van der Waals surface area (Å²) in [5.41, 5.74) is 7.83. The van der Waals surface area contributed by atoms with Crippen LogP contribution < -0.4 is 16.0 Å². The van der Waals surface area contributed by atoms with Crippen molar-refractivity contribution in [2.24, 2.45) is 5.73 Å². The summed E-state index contributed by atoms with van der Waals surface area (Å²) >= 11 is 0. The van der Waals surface area contributed by atoms with E-state index in [1.165, 1.54) is 0 Å². The standard InChI is InChI=1S/C13H21N3O/c1-15-13(17)4-3-9-16(2)12-7-5-11(10-14)6-8-12/h5-8H,3-4,9-10,14H2,1-2H3,(H,15,17). The molecule has 0 heterocycles. The number of benzene rings is 1. The number of nitrogens with two attached hydrogens (primary N) is 1. The molecule has 0 spiro atoms. The average Bonchev–Trinajstić information content (AvgIpc) is 2.38. The van der Waals surface area contributed by atoms with Gasteiger partial charge in [-0.1, -0.05) is 12.1 Å². The lowest BCUT2D eigenvalue weighted by Crippen LogP contribution is -2.22. The molecule has 0 fully saturated rings. The maximum absolute atomic E-state index is 11.1. The van der Waals surface area contributed by atoms with Gasteiger partial charge in [0.15, 0.2) is 0 Å². The quantitative estimate of drug-likeness (QED) is 0.776. The van der Waals surface area contributed by atoms with Crippen molar-refractivity contribution < 1.29 is 4.79 Å². The van der Waals surface area contributed by atoms with E-state index in [4.69, 9.17) is 5.73 Å². The third-order valence-corrected chi connectivity index (χ3v) is 2.79. The molecule has 0 aromatic heterocycles. The van der Waals surface area contributed by atoms with Gasteiger partial charge in [-0.15, -0.1) is 0 Å². The Morgan fingerprint density at radius 3 is 2.53 bits per heavy atom. The molecule has 17 heavy (non-hydrogen) atoms. The van der Waals surface area contributed by atoms with Crippen LogP contribution in [0.15, 0.2) is 24.3 Å². The van der Waals surface area contributed by atoms with E-state index in [1.54, 1.807) is 7.05 Å². The first-order chi connectivity index (χ1) is 8.17. The highest BCUT2D eigenvalue weighted by Crippen LogP contribution is 2.14. The lowest BCUT2D eigenvalue weighted by Gasteiger charge is -2.19. The predicted octanol–water partition coefficient (Wildman–Crippen LogP) is 1.11.